The summed E-state index contributed by atoms with van der Waals surface area (Å²) in [4.78, 5) is 13.4. The maximum absolute atomic E-state index is 12.1. The van der Waals surface area contributed by atoms with Crippen molar-refractivity contribution in [2.75, 3.05) is 25.2 Å². The summed E-state index contributed by atoms with van der Waals surface area (Å²) in [6.07, 6.45) is 1.44. The van der Waals surface area contributed by atoms with E-state index in [2.05, 4.69) is 31.3 Å². The van der Waals surface area contributed by atoms with Gasteiger partial charge >= 0.3 is 0 Å². The molecular formula is C17H25NO2S2. The van der Waals surface area contributed by atoms with Gasteiger partial charge in [-0.15, -0.1) is 11.8 Å². The number of amides is 1. The average Bonchev–Trinajstić information content (AvgIpc) is 2.96. The first-order chi connectivity index (χ1) is 10.5. The predicted molar refractivity (Wildman–Crippen MR) is 95.8 cm³/mol. The van der Waals surface area contributed by atoms with Gasteiger partial charge in [-0.25, -0.2) is 0 Å². The SMILES string of the molecule is COC1(CNC(=O)Cc2ccc(SC(C)C)cc2)CCSC1. The molecule has 0 saturated carbocycles. The Labute approximate surface area is 142 Å². The minimum atomic E-state index is -0.169. The van der Waals surface area contributed by atoms with Crippen molar-refractivity contribution in [3.8, 4) is 0 Å². The Morgan fingerprint density at radius 1 is 1.41 bits per heavy atom. The van der Waals surface area contributed by atoms with Crippen molar-refractivity contribution in [1.82, 2.24) is 5.32 Å². The lowest BCUT2D eigenvalue weighted by Gasteiger charge is -2.26. The molecule has 3 nitrogen and oxygen atoms in total. The van der Waals surface area contributed by atoms with Gasteiger partial charge in [0.1, 0.15) is 0 Å². The lowest BCUT2D eigenvalue weighted by Crippen LogP contribution is -2.44. The fourth-order valence-electron chi connectivity index (χ4n) is 2.43. The van der Waals surface area contributed by atoms with Crippen LogP contribution in [0.2, 0.25) is 0 Å². The van der Waals surface area contributed by atoms with Gasteiger partial charge in [0, 0.05) is 29.6 Å². The smallest absolute Gasteiger partial charge is 0.224 e. The monoisotopic (exact) mass is 339 g/mol. The summed E-state index contributed by atoms with van der Waals surface area (Å²) in [5.41, 5.74) is 0.885. The molecule has 22 heavy (non-hydrogen) atoms. The second-order valence-corrected chi connectivity index (χ2v) is 8.71. The van der Waals surface area contributed by atoms with Crippen molar-refractivity contribution in [3.63, 3.8) is 0 Å². The van der Waals surface area contributed by atoms with Crippen molar-refractivity contribution < 1.29 is 9.53 Å². The second kappa shape index (κ2) is 8.27. The Hall–Kier alpha value is -0.650. The van der Waals surface area contributed by atoms with Crippen LogP contribution in [0.15, 0.2) is 29.2 Å². The molecule has 1 fully saturated rings. The molecule has 0 aromatic heterocycles. The summed E-state index contributed by atoms with van der Waals surface area (Å²) in [6.45, 7) is 4.97. The molecule has 1 aromatic carbocycles. The molecule has 1 amide bonds. The first kappa shape index (κ1) is 17.7. The standard InChI is InChI=1S/C17H25NO2S2/c1-13(2)22-15-6-4-14(5-7-15)10-16(19)18-11-17(20-3)8-9-21-12-17/h4-7,13H,8-12H2,1-3H3,(H,18,19). The second-order valence-electron chi connectivity index (χ2n) is 5.95. The third kappa shape index (κ3) is 5.21. The van der Waals surface area contributed by atoms with Gasteiger partial charge in [0.2, 0.25) is 5.91 Å². The average molecular weight is 340 g/mol. The van der Waals surface area contributed by atoms with Gasteiger partial charge in [-0.3, -0.25) is 4.79 Å². The zero-order chi connectivity index (χ0) is 16.0. The third-order valence-corrected chi connectivity index (χ3v) is 6.01. The molecule has 0 spiro atoms. The van der Waals surface area contributed by atoms with Crippen LogP contribution in [0.3, 0.4) is 0 Å². The minimum absolute atomic E-state index is 0.0672. The zero-order valence-electron chi connectivity index (χ0n) is 13.6. The Morgan fingerprint density at radius 3 is 2.68 bits per heavy atom. The minimum Gasteiger partial charge on any atom is -0.376 e. The summed E-state index contributed by atoms with van der Waals surface area (Å²) in [7, 11) is 1.74. The van der Waals surface area contributed by atoms with E-state index in [4.69, 9.17) is 4.74 Å². The lowest BCUT2D eigenvalue weighted by atomic mass is 10.0. The maximum atomic E-state index is 12.1. The highest BCUT2D eigenvalue weighted by Crippen LogP contribution is 2.30. The normalized spacial score (nSPS) is 21.3. The van der Waals surface area contributed by atoms with Crippen molar-refractivity contribution in [3.05, 3.63) is 29.8 Å². The molecule has 0 aliphatic carbocycles. The topological polar surface area (TPSA) is 38.3 Å². The molecule has 1 unspecified atom stereocenters. The molecule has 0 bridgehead atoms. The van der Waals surface area contributed by atoms with E-state index in [1.54, 1.807) is 7.11 Å². The van der Waals surface area contributed by atoms with Gasteiger partial charge in [-0.2, -0.15) is 11.8 Å². The number of nitrogens with one attached hydrogen (secondary N) is 1. The number of ether oxygens (including phenoxy) is 1. The molecular weight excluding hydrogens is 314 g/mol. The summed E-state index contributed by atoms with van der Waals surface area (Å²) < 4.78 is 5.61. The number of hydrogen-bond acceptors (Lipinski definition) is 4. The molecule has 122 valence electrons. The van der Waals surface area contributed by atoms with Crippen LogP contribution < -0.4 is 5.32 Å². The van der Waals surface area contributed by atoms with E-state index in [-0.39, 0.29) is 11.5 Å². The van der Waals surface area contributed by atoms with E-state index >= 15 is 0 Å². The molecule has 1 aliphatic heterocycles. The molecule has 1 heterocycles. The molecule has 0 radical (unpaired) electrons. The van der Waals surface area contributed by atoms with Gasteiger partial charge < -0.3 is 10.1 Å². The van der Waals surface area contributed by atoms with E-state index in [1.165, 1.54) is 4.90 Å². The molecule has 1 aromatic rings. The van der Waals surface area contributed by atoms with E-state index in [9.17, 15) is 4.79 Å². The number of hydrogen-bond donors (Lipinski definition) is 1. The van der Waals surface area contributed by atoms with Gasteiger partial charge in [-0.05, 0) is 29.9 Å². The molecule has 2 rings (SSSR count). The van der Waals surface area contributed by atoms with Gasteiger partial charge in [-0.1, -0.05) is 26.0 Å². The van der Waals surface area contributed by atoms with Crippen molar-refractivity contribution >= 4 is 29.4 Å². The van der Waals surface area contributed by atoms with E-state index in [0.717, 1.165) is 23.5 Å². The molecule has 1 atom stereocenters. The van der Waals surface area contributed by atoms with E-state index in [0.29, 0.717) is 18.2 Å². The number of carbonyl (C=O) groups excluding carboxylic acids is 1. The van der Waals surface area contributed by atoms with Gasteiger partial charge in [0.05, 0.1) is 12.0 Å². The number of carbonyl (C=O) groups is 1. The number of benzene rings is 1. The van der Waals surface area contributed by atoms with Crippen LogP contribution in [0, 0.1) is 0 Å². The highest BCUT2D eigenvalue weighted by atomic mass is 32.2. The Kier molecular flexibility index (Phi) is 6.66. The Bertz CT molecular complexity index is 482. The van der Waals surface area contributed by atoms with Crippen molar-refractivity contribution in [1.29, 1.82) is 0 Å². The first-order valence-electron chi connectivity index (χ1n) is 7.68. The fourth-order valence-corrected chi connectivity index (χ4v) is 4.66. The molecule has 5 heteroatoms. The van der Waals surface area contributed by atoms with Crippen LogP contribution in [0.25, 0.3) is 0 Å². The molecule has 1 aliphatic rings. The highest BCUT2D eigenvalue weighted by Gasteiger charge is 2.34. The molecule has 1 saturated heterocycles. The fraction of sp³-hybridized carbons (Fsp3) is 0.588. The van der Waals surface area contributed by atoms with Crippen LogP contribution in [0.1, 0.15) is 25.8 Å². The summed E-state index contributed by atoms with van der Waals surface area (Å²) in [5, 5.41) is 3.60. The quantitative estimate of drug-likeness (QED) is 0.773. The Morgan fingerprint density at radius 2 is 2.14 bits per heavy atom. The van der Waals surface area contributed by atoms with Crippen LogP contribution in [0.5, 0.6) is 0 Å². The molecule has 1 N–H and O–H groups in total. The summed E-state index contributed by atoms with van der Waals surface area (Å²) >= 11 is 3.73. The maximum Gasteiger partial charge on any atom is 0.224 e. The van der Waals surface area contributed by atoms with Crippen LogP contribution in [0.4, 0.5) is 0 Å². The largest absolute Gasteiger partial charge is 0.376 e. The third-order valence-electron chi connectivity index (χ3n) is 3.77. The van der Waals surface area contributed by atoms with Gasteiger partial charge in [0.15, 0.2) is 0 Å². The highest BCUT2D eigenvalue weighted by molar-refractivity contribution is 8.00. The predicted octanol–water partition coefficient (Wildman–Crippen LogP) is 3.37. The number of methoxy groups -OCH3 is 1. The van der Waals surface area contributed by atoms with E-state index in [1.807, 2.05) is 35.7 Å². The van der Waals surface area contributed by atoms with Crippen LogP contribution in [-0.2, 0) is 16.0 Å². The summed E-state index contributed by atoms with van der Waals surface area (Å²) in [6, 6.07) is 8.28. The van der Waals surface area contributed by atoms with Gasteiger partial charge in [0.25, 0.3) is 0 Å². The Balaban J connectivity index is 1.81. The zero-order valence-corrected chi connectivity index (χ0v) is 15.2. The van der Waals surface area contributed by atoms with Crippen LogP contribution in [-0.4, -0.2) is 41.9 Å². The van der Waals surface area contributed by atoms with E-state index < -0.39 is 0 Å². The van der Waals surface area contributed by atoms with Crippen molar-refractivity contribution in [2.45, 2.75) is 42.4 Å². The first-order valence-corrected chi connectivity index (χ1v) is 9.72. The van der Waals surface area contributed by atoms with Crippen LogP contribution >= 0.6 is 23.5 Å². The lowest BCUT2D eigenvalue weighted by molar-refractivity contribution is -0.121. The number of rotatable bonds is 7. The van der Waals surface area contributed by atoms with Crippen molar-refractivity contribution in [2.24, 2.45) is 0 Å². The summed E-state index contributed by atoms with van der Waals surface area (Å²) in [5.74, 6) is 2.14. The number of thioether (sulfide) groups is 2.